The van der Waals surface area contributed by atoms with Crippen LogP contribution >= 0.6 is 8.25 Å². The second-order valence-electron chi connectivity index (χ2n) is 6.31. The van der Waals surface area contributed by atoms with Gasteiger partial charge in [0.2, 0.25) is 11.9 Å². The van der Waals surface area contributed by atoms with E-state index < -0.39 is 38.4 Å². The quantitative estimate of drug-likeness (QED) is 0.751. The third-order valence-electron chi connectivity index (χ3n) is 4.17. The molecular weight excluding hydrogens is 365 g/mol. The molecule has 138 valence electrons. The largest absolute Gasteiger partial charge is 0.698 e. The van der Waals surface area contributed by atoms with Crippen LogP contribution in [0.2, 0.25) is 0 Å². The number of hydrogen-bond donors (Lipinski definition) is 2. The van der Waals surface area contributed by atoms with Gasteiger partial charge in [0, 0.05) is 11.9 Å². The highest BCUT2D eigenvalue weighted by Gasteiger charge is 2.60. The average molecular weight is 383 g/mol. The maximum atomic E-state index is 12.3. The predicted octanol–water partition coefficient (Wildman–Crippen LogP) is 1.07. The Morgan fingerprint density at radius 3 is 2.96 bits per heavy atom. The highest BCUT2D eigenvalue weighted by atomic mass is 31.1. The van der Waals surface area contributed by atoms with Gasteiger partial charge < -0.3 is 4.74 Å². The van der Waals surface area contributed by atoms with E-state index in [9.17, 15) is 14.2 Å². The number of hydrogen-bond acceptors (Lipinski definition) is 8. The van der Waals surface area contributed by atoms with Gasteiger partial charge in [-0.25, -0.2) is 4.98 Å². The molecule has 3 unspecified atom stereocenters. The van der Waals surface area contributed by atoms with Crippen LogP contribution in [0.4, 0.5) is 5.95 Å². The number of aromatic nitrogens is 4. The Labute approximate surface area is 149 Å². The molecule has 0 saturated carbocycles. The minimum absolute atomic E-state index is 0.0193. The third kappa shape index (κ3) is 2.73. The number of rotatable bonds is 3. The highest BCUT2D eigenvalue weighted by molar-refractivity contribution is 7.33. The van der Waals surface area contributed by atoms with Crippen molar-refractivity contribution in [3.05, 3.63) is 16.7 Å². The van der Waals surface area contributed by atoms with Gasteiger partial charge in [0.15, 0.2) is 29.6 Å². The number of imidazole rings is 1. The molecule has 2 fully saturated rings. The van der Waals surface area contributed by atoms with Crippen molar-refractivity contribution in [3.63, 3.8) is 0 Å². The minimum atomic E-state index is -2.30. The topological polar surface area (TPSA) is 137 Å². The van der Waals surface area contributed by atoms with Crippen molar-refractivity contribution >= 4 is 31.3 Å². The molecule has 2 aromatic rings. The van der Waals surface area contributed by atoms with Crippen molar-refractivity contribution in [3.8, 4) is 0 Å². The molecule has 2 aliphatic heterocycles. The Hall–Kier alpha value is -2.20. The summed E-state index contributed by atoms with van der Waals surface area (Å²) in [7, 11) is -2.30. The first kappa shape index (κ1) is 16.0. The monoisotopic (exact) mass is 383 g/mol. The number of aromatic amines is 1. The number of nitrogens with zero attached hydrogens (tertiary/aromatic N) is 3. The maximum absolute atomic E-state index is 12.3. The number of ether oxygens (including phenoxy) is 1. The minimum Gasteiger partial charge on any atom is -0.349 e. The van der Waals surface area contributed by atoms with Gasteiger partial charge in [0.05, 0.1) is 12.4 Å². The number of nitrogens with one attached hydrogen (secondary N) is 2. The molecule has 4 heterocycles. The Bertz CT molecular complexity index is 977. The lowest BCUT2D eigenvalue weighted by molar-refractivity contribution is -0.118. The van der Waals surface area contributed by atoms with Crippen LogP contribution in [0.3, 0.4) is 0 Å². The Morgan fingerprint density at radius 2 is 2.23 bits per heavy atom. The van der Waals surface area contributed by atoms with Crippen molar-refractivity contribution in [2.45, 2.75) is 45.3 Å². The number of carbonyl (C=O) groups is 1. The van der Waals surface area contributed by atoms with Crippen LogP contribution in [0.1, 0.15) is 28.3 Å². The van der Waals surface area contributed by atoms with Gasteiger partial charge in [-0.15, -0.1) is 9.05 Å². The summed E-state index contributed by atoms with van der Waals surface area (Å²) in [6.45, 7) is 3.31. The SMILES string of the molecule is [2H]C[C@H]1O[C@@H](n2cnc3c(=O)[nH]c(NC(=O)C(C)C)nc32)C2O[P+](=O)OC21. The van der Waals surface area contributed by atoms with Crippen molar-refractivity contribution in [1.29, 1.82) is 0 Å². The molecule has 2 N–H and O–H groups in total. The van der Waals surface area contributed by atoms with E-state index in [4.69, 9.17) is 15.2 Å². The molecule has 0 radical (unpaired) electrons. The molecule has 0 bridgehead atoms. The molecule has 26 heavy (non-hydrogen) atoms. The maximum Gasteiger partial charge on any atom is 0.698 e. The molecule has 2 aliphatic rings. The normalized spacial score (nSPS) is 30.0. The summed E-state index contributed by atoms with van der Waals surface area (Å²) in [4.78, 5) is 35.0. The molecule has 4 rings (SSSR count). The van der Waals surface area contributed by atoms with Gasteiger partial charge >= 0.3 is 8.25 Å². The van der Waals surface area contributed by atoms with Crippen LogP contribution < -0.4 is 10.9 Å². The first-order valence-corrected chi connectivity index (χ1v) is 9.01. The van der Waals surface area contributed by atoms with Crippen LogP contribution in [-0.4, -0.2) is 43.7 Å². The standard InChI is InChI=1S/C14H16N5O6P/c1-5(2)11(20)17-14-16-10-7(12(21)18-14)15-4-19(10)13-9-8(6(3)23-13)24-26(22)25-9/h4-6,8-9,13H,1-3H3,(H-,16,17,18,20,21)/p+1/t6-,8?,9?,13-/m1/s1/i3D. The fourth-order valence-corrected chi connectivity index (χ4v) is 3.75. The highest BCUT2D eigenvalue weighted by Crippen LogP contribution is 2.49. The summed E-state index contributed by atoms with van der Waals surface area (Å²) in [5, 5.41) is 2.53. The van der Waals surface area contributed by atoms with E-state index in [2.05, 4.69) is 20.3 Å². The summed E-state index contributed by atoms with van der Waals surface area (Å²) in [6.07, 6.45) is -1.49. The molecule has 0 aliphatic carbocycles. The van der Waals surface area contributed by atoms with Gasteiger partial charge in [0.25, 0.3) is 5.56 Å². The van der Waals surface area contributed by atoms with Crippen molar-refractivity contribution < 1.29 is 24.5 Å². The van der Waals surface area contributed by atoms with E-state index in [1.807, 2.05) is 0 Å². The lowest BCUT2D eigenvalue weighted by Crippen LogP contribution is -2.27. The van der Waals surface area contributed by atoms with E-state index >= 15 is 0 Å². The van der Waals surface area contributed by atoms with Crippen LogP contribution in [0.25, 0.3) is 11.2 Å². The zero-order valence-electron chi connectivity index (χ0n) is 14.9. The van der Waals surface area contributed by atoms with E-state index in [1.54, 1.807) is 13.8 Å². The van der Waals surface area contributed by atoms with Gasteiger partial charge in [-0.2, -0.15) is 4.98 Å². The second kappa shape index (κ2) is 6.20. The summed E-state index contributed by atoms with van der Waals surface area (Å²) in [5.41, 5.74) is -0.313. The van der Waals surface area contributed by atoms with Gasteiger partial charge in [-0.3, -0.25) is 24.5 Å². The zero-order chi connectivity index (χ0) is 19.3. The fourth-order valence-electron chi connectivity index (χ4n) is 2.83. The first-order chi connectivity index (χ1) is 12.9. The molecule has 1 amide bonds. The molecule has 2 saturated heterocycles. The van der Waals surface area contributed by atoms with Crippen LogP contribution in [0.5, 0.6) is 0 Å². The summed E-state index contributed by atoms with van der Waals surface area (Å²) >= 11 is 0. The van der Waals surface area contributed by atoms with E-state index in [0.717, 1.165) is 0 Å². The van der Waals surface area contributed by atoms with Gasteiger partial charge in [0.1, 0.15) is 0 Å². The van der Waals surface area contributed by atoms with Crippen LogP contribution in [0.15, 0.2) is 11.1 Å². The van der Waals surface area contributed by atoms with Crippen molar-refractivity contribution in [1.82, 2.24) is 19.5 Å². The zero-order valence-corrected chi connectivity index (χ0v) is 14.8. The van der Waals surface area contributed by atoms with Crippen molar-refractivity contribution in [2.24, 2.45) is 5.92 Å². The number of anilines is 1. The molecule has 12 heteroatoms. The van der Waals surface area contributed by atoms with E-state index in [-0.39, 0.29) is 35.8 Å². The molecule has 2 aromatic heterocycles. The second-order valence-corrected chi connectivity index (χ2v) is 7.18. The number of H-pyrrole nitrogens is 1. The lowest BCUT2D eigenvalue weighted by atomic mass is 10.1. The number of carbonyl (C=O) groups excluding carboxylic acids is 1. The average Bonchev–Trinajstić information content (AvgIpc) is 3.27. The predicted molar refractivity (Wildman–Crippen MR) is 88.6 cm³/mol. The first-order valence-electron chi connectivity index (χ1n) is 8.63. The van der Waals surface area contributed by atoms with Gasteiger partial charge in [-0.1, -0.05) is 13.8 Å². The van der Waals surface area contributed by atoms with E-state index in [0.29, 0.717) is 0 Å². The molecule has 11 nitrogen and oxygen atoms in total. The van der Waals surface area contributed by atoms with Crippen molar-refractivity contribution in [2.75, 3.05) is 5.32 Å². The number of amides is 1. The number of fused-ring (bicyclic) bond motifs is 2. The van der Waals surface area contributed by atoms with Crippen LogP contribution in [-0.2, 0) is 23.1 Å². The molecule has 0 spiro atoms. The van der Waals surface area contributed by atoms with Crippen LogP contribution in [0, 0.1) is 5.92 Å². The smallest absolute Gasteiger partial charge is 0.349 e. The molecule has 5 atom stereocenters. The Morgan fingerprint density at radius 1 is 1.46 bits per heavy atom. The Balaban J connectivity index is 1.74. The fraction of sp³-hybridized carbons (Fsp3) is 0.571. The van der Waals surface area contributed by atoms with Gasteiger partial charge in [-0.05, 0) is 6.90 Å². The summed E-state index contributed by atoms with van der Waals surface area (Å²) < 4.78 is 37.0. The summed E-state index contributed by atoms with van der Waals surface area (Å²) in [5.74, 6) is -0.623. The Kier molecular flexibility index (Phi) is 3.82. The van der Waals surface area contributed by atoms with E-state index in [1.165, 1.54) is 10.9 Å². The molecular formula is C14H17N5O6P+. The summed E-state index contributed by atoms with van der Waals surface area (Å²) in [6, 6.07) is 0. The third-order valence-corrected chi connectivity index (χ3v) is 5.00. The molecule has 0 aromatic carbocycles. The lowest BCUT2D eigenvalue weighted by Gasteiger charge is -2.15.